The summed E-state index contributed by atoms with van der Waals surface area (Å²) in [6, 6.07) is 1.78. The van der Waals surface area contributed by atoms with Gasteiger partial charge in [-0.05, 0) is 33.3 Å². The van der Waals surface area contributed by atoms with Gasteiger partial charge >= 0.3 is 0 Å². The van der Waals surface area contributed by atoms with E-state index >= 15 is 0 Å². The monoisotopic (exact) mass is 223 g/mol. The van der Waals surface area contributed by atoms with E-state index in [1.807, 2.05) is 20.8 Å². The average Bonchev–Trinajstić information content (AvgIpc) is 2.62. The molecular formula is C12H21N3O. The molecule has 1 aromatic heterocycles. The van der Waals surface area contributed by atoms with Gasteiger partial charge in [0.25, 0.3) is 0 Å². The van der Waals surface area contributed by atoms with Gasteiger partial charge in [0.1, 0.15) is 5.69 Å². The summed E-state index contributed by atoms with van der Waals surface area (Å²) in [7, 11) is 0. The van der Waals surface area contributed by atoms with Crippen LogP contribution in [-0.2, 0) is 6.54 Å². The molecule has 0 aromatic carbocycles. The predicted octanol–water partition coefficient (Wildman–Crippen LogP) is 1.86. The van der Waals surface area contributed by atoms with Gasteiger partial charge in [0, 0.05) is 18.3 Å². The maximum atomic E-state index is 11.9. The molecule has 4 heteroatoms. The Balaban J connectivity index is 2.62. The van der Waals surface area contributed by atoms with E-state index in [1.54, 1.807) is 16.9 Å². The van der Waals surface area contributed by atoms with Gasteiger partial charge in [0.05, 0.1) is 6.54 Å². The predicted molar refractivity (Wildman–Crippen MR) is 64.6 cm³/mol. The minimum absolute atomic E-state index is 0.0364. The van der Waals surface area contributed by atoms with E-state index in [0.29, 0.717) is 12.2 Å². The van der Waals surface area contributed by atoms with Crippen LogP contribution in [0.5, 0.6) is 0 Å². The molecule has 1 rings (SSSR count). The molecule has 4 nitrogen and oxygen atoms in total. The summed E-state index contributed by atoms with van der Waals surface area (Å²) >= 11 is 0. The molecule has 0 saturated heterocycles. The van der Waals surface area contributed by atoms with Gasteiger partial charge < -0.3 is 5.32 Å². The first kappa shape index (κ1) is 12.9. The van der Waals surface area contributed by atoms with Crippen LogP contribution in [0.15, 0.2) is 12.3 Å². The highest BCUT2D eigenvalue weighted by molar-refractivity contribution is 5.96. The molecule has 1 heterocycles. The Morgan fingerprint density at radius 1 is 1.50 bits per heavy atom. The highest BCUT2D eigenvalue weighted by Crippen LogP contribution is 2.03. The van der Waals surface area contributed by atoms with Crippen molar-refractivity contribution in [1.29, 1.82) is 0 Å². The summed E-state index contributed by atoms with van der Waals surface area (Å²) in [4.78, 5) is 11.9. The number of nitrogens with zero attached hydrogens (tertiary/aromatic N) is 2. The van der Waals surface area contributed by atoms with Gasteiger partial charge in [-0.3, -0.25) is 9.48 Å². The van der Waals surface area contributed by atoms with E-state index in [0.717, 1.165) is 13.0 Å². The Morgan fingerprint density at radius 2 is 2.19 bits per heavy atom. The van der Waals surface area contributed by atoms with Crippen LogP contribution in [0.25, 0.3) is 0 Å². The maximum Gasteiger partial charge on any atom is 0.194 e. The zero-order chi connectivity index (χ0) is 12.2. The molecule has 0 atom stereocenters. The lowest BCUT2D eigenvalue weighted by Gasteiger charge is -2.19. The minimum atomic E-state index is -0.0364. The molecule has 0 amide bonds. The van der Waals surface area contributed by atoms with E-state index in [1.165, 1.54) is 0 Å². The minimum Gasteiger partial charge on any atom is -0.305 e. The number of aryl methyl sites for hydroxylation is 1. The SMILES string of the molecule is CCCn1nccc1C(=O)CNC(C)(C)C. The Hall–Kier alpha value is -1.16. The van der Waals surface area contributed by atoms with Crippen LogP contribution in [0.2, 0.25) is 0 Å². The smallest absolute Gasteiger partial charge is 0.194 e. The Labute approximate surface area is 97.0 Å². The van der Waals surface area contributed by atoms with Crippen molar-refractivity contribution < 1.29 is 4.79 Å². The summed E-state index contributed by atoms with van der Waals surface area (Å²) in [5, 5.41) is 7.33. The first-order chi connectivity index (χ1) is 7.44. The molecule has 0 aliphatic carbocycles. The van der Waals surface area contributed by atoms with Crippen molar-refractivity contribution in [2.24, 2.45) is 0 Å². The van der Waals surface area contributed by atoms with Crippen molar-refractivity contribution in [2.45, 2.75) is 46.2 Å². The van der Waals surface area contributed by atoms with Crippen LogP contribution < -0.4 is 5.32 Å². The van der Waals surface area contributed by atoms with Gasteiger partial charge in [-0.15, -0.1) is 0 Å². The quantitative estimate of drug-likeness (QED) is 0.775. The highest BCUT2D eigenvalue weighted by Gasteiger charge is 2.15. The number of rotatable bonds is 5. The summed E-state index contributed by atoms with van der Waals surface area (Å²) in [6.07, 6.45) is 2.66. The number of Topliss-reactive ketones (excluding diaryl/α,β-unsaturated/α-hetero) is 1. The summed E-state index contributed by atoms with van der Waals surface area (Å²) in [5.74, 6) is 0.0980. The maximum absolute atomic E-state index is 11.9. The van der Waals surface area contributed by atoms with Crippen LogP contribution in [0, 0.1) is 0 Å². The third-order valence-corrected chi connectivity index (χ3v) is 2.22. The lowest BCUT2D eigenvalue weighted by Crippen LogP contribution is -2.39. The van der Waals surface area contributed by atoms with Crippen molar-refractivity contribution >= 4 is 5.78 Å². The van der Waals surface area contributed by atoms with Crippen LogP contribution in [0.3, 0.4) is 0 Å². The number of hydrogen-bond donors (Lipinski definition) is 1. The summed E-state index contributed by atoms with van der Waals surface area (Å²) in [6.45, 7) is 9.36. The number of aromatic nitrogens is 2. The van der Waals surface area contributed by atoms with E-state index in [-0.39, 0.29) is 11.3 Å². The second-order valence-electron chi connectivity index (χ2n) is 4.97. The molecule has 90 valence electrons. The number of nitrogens with one attached hydrogen (secondary N) is 1. The van der Waals surface area contributed by atoms with Gasteiger partial charge in [0.2, 0.25) is 0 Å². The van der Waals surface area contributed by atoms with E-state index < -0.39 is 0 Å². The number of ketones is 1. The zero-order valence-electron chi connectivity index (χ0n) is 10.6. The van der Waals surface area contributed by atoms with E-state index in [4.69, 9.17) is 0 Å². The molecule has 0 aliphatic heterocycles. The standard InChI is InChI=1S/C12H21N3O/c1-5-8-15-10(6-7-14-15)11(16)9-13-12(2,3)4/h6-7,13H,5,8-9H2,1-4H3. The van der Waals surface area contributed by atoms with E-state index in [9.17, 15) is 4.79 Å². The van der Waals surface area contributed by atoms with Crippen LogP contribution in [-0.4, -0.2) is 27.6 Å². The second kappa shape index (κ2) is 5.25. The summed E-state index contributed by atoms with van der Waals surface area (Å²) < 4.78 is 1.77. The molecule has 0 bridgehead atoms. The third kappa shape index (κ3) is 3.77. The van der Waals surface area contributed by atoms with Crippen LogP contribution in [0.1, 0.15) is 44.6 Å². The van der Waals surface area contributed by atoms with Gasteiger partial charge in [-0.1, -0.05) is 6.92 Å². The molecular weight excluding hydrogens is 202 g/mol. The van der Waals surface area contributed by atoms with Crippen LogP contribution >= 0.6 is 0 Å². The molecule has 16 heavy (non-hydrogen) atoms. The molecule has 0 aliphatic rings. The van der Waals surface area contributed by atoms with Crippen molar-refractivity contribution in [3.05, 3.63) is 18.0 Å². The summed E-state index contributed by atoms with van der Waals surface area (Å²) in [5.41, 5.74) is 0.657. The molecule has 0 unspecified atom stereocenters. The number of hydrogen-bond acceptors (Lipinski definition) is 3. The number of carbonyl (C=O) groups excluding carboxylic acids is 1. The molecule has 1 N–H and O–H groups in total. The molecule has 0 radical (unpaired) electrons. The third-order valence-electron chi connectivity index (χ3n) is 2.22. The number of carbonyl (C=O) groups is 1. The Bertz CT molecular complexity index is 349. The lowest BCUT2D eigenvalue weighted by atomic mass is 10.1. The second-order valence-corrected chi connectivity index (χ2v) is 4.97. The van der Waals surface area contributed by atoms with E-state index in [2.05, 4.69) is 17.3 Å². The molecule has 0 fully saturated rings. The van der Waals surface area contributed by atoms with Crippen molar-refractivity contribution in [1.82, 2.24) is 15.1 Å². The van der Waals surface area contributed by atoms with Crippen LogP contribution in [0.4, 0.5) is 0 Å². The van der Waals surface area contributed by atoms with Crippen molar-refractivity contribution in [3.8, 4) is 0 Å². The Morgan fingerprint density at radius 3 is 2.75 bits per heavy atom. The normalized spacial score (nSPS) is 11.8. The molecule has 0 spiro atoms. The lowest BCUT2D eigenvalue weighted by molar-refractivity contribution is 0.0971. The largest absolute Gasteiger partial charge is 0.305 e. The topological polar surface area (TPSA) is 46.9 Å². The van der Waals surface area contributed by atoms with Gasteiger partial charge in [-0.2, -0.15) is 5.10 Å². The fourth-order valence-corrected chi connectivity index (χ4v) is 1.40. The molecule has 1 aromatic rings. The fourth-order valence-electron chi connectivity index (χ4n) is 1.40. The average molecular weight is 223 g/mol. The zero-order valence-corrected chi connectivity index (χ0v) is 10.6. The van der Waals surface area contributed by atoms with Gasteiger partial charge in [-0.25, -0.2) is 0 Å². The molecule has 0 saturated carbocycles. The van der Waals surface area contributed by atoms with Gasteiger partial charge in [0.15, 0.2) is 5.78 Å². The first-order valence-electron chi connectivity index (χ1n) is 5.74. The highest BCUT2D eigenvalue weighted by atomic mass is 16.1. The Kier molecular flexibility index (Phi) is 4.24. The first-order valence-corrected chi connectivity index (χ1v) is 5.74. The van der Waals surface area contributed by atoms with Crippen molar-refractivity contribution in [2.75, 3.05) is 6.54 Å². The fraction of sp³-hybridized carbons (Fsp3) is 0.667. The van der Waals surface area contributed by atoms with Crippen molar-refractivity contribution in [3.63, 3.8) is 0 Å².